The van der Waals surface area contributed by atoms with Gasteiger partial charge in [0.1, 0.15) is 5.69 Å². The lowest BCUT2D eigenvalue weighted by Gasteiger charge is -2.04. The van der Waals surface area contributed by atoms with Gasteiger partial charge in [0.2, 0.25) is 0 Å². The van der Waals surface area contributed by atoms with Crippen LogP contribution in [0.3, 0.4) is 0 Å². The van der Waals surface area contributed by atoms with Crippen LogP contribution in [0.4, 0.5) is 5.82 Å². The number of aromatic nitrogens is 2. The molecule has 2 rings (SSSR count). The molecule has 0 bridgehead atoms. The second-order valence-corrected chi connectivity index (χ2v) is 4.75. The summed E-state index contributed by atoms with van der Waals surface area (Å²) in [5.41, 5.74) is 2.00. The van der Waals surface area contributed by atoms with E-state index >= 15 is 0 Å². The topological polar surface area (TPSA) is 37.8 Å². The van der Waals surface area contributed by atoms with Crippen LogP contribution in [0, 0.1) is 0 Å². The van der Waals surface area contributed by atoms with E-state index in [9.17, 15) is 0 Å². The minimum absolute atomic E-state index is 0.874. The average molecular weight is 298 g/mol. The summed E-state index contributed by atoms with van der Waals surface area (Å²) in [6.07, 6.45) is 1.08. The fraction of sp³-hybridized carbons (Fsp3) is 0.273. The van der Waals surface area contributed by atoms with Gasteiger partial charge in [0.25, 0.3) is 0 Å². The zero-order chi connectivity index (χ0) is 11.4. The standard InChI is InChI=1S/C11H12BrN3S/c1-2-7-13-11-10(14-16-15-11)8-5-3-4-6-9(8)12/h3-6H,2,7H2,1H3,(H,13,15). The maximum atomic E-state index is 4.34. The van der Waals surface area contributed by atoms with E-state index in [0.717, 1.165) is 34.5 Å². The van der Waals surface area contributed by atoms with E-state index in [4.69, 9.17) is 0 Å². The Morgan fingerprint density at radius 3 is 2.88 bits per heavy atom. The smallest absolute Gasteiger partial charge is 0.168 e. The first-order valence-corrected chi connectivity index (χ1v) is 6.66. The van der Waals surface area contributed by atoms with Crippen molar-refractivity contribution in [2.45, 2.75) is 13.3 Å². The molecule has 3 nitrogen and oxygen atoms in total. The third-order valence-electron chi connectivity index (χ3n) is 2.16. The number of anilines is 1. The van der Waals surface area contributed by atoms with Gasteiger partial charge in [-0.05, 0) is 12.5 Å². The maximum absolute atomic E-state index is 4.34. The number of halogens is 1. The molecule has 0 aliphatic rings. The van der Waals surface area contributed by atoms with Crippen molar-refractivity contribution in [3.63, 3.8) is 0 Å². The summed E-state index contributed by atoms with van der Waals surface area (Å²) in [6.45, 7) is 3.05. The first-order chi connectivity index (χ1) is 7.83. The van der Waals surface area contributed by atoms with Gasteiger partial charge >= 0.3 is 0 Å². The number of benzene rings is 1. The van der Waals surface area contributed by atoms with Gasteiger partial charge < -0.3 is 5.32 Å². The van der Waals surface area contributed by atoms with Crippen molar-refractivity contribution in [2.75, 3.05) is 11.9 Å². The van der Waals surface area contributed by atoms with Crippen molar-refractivity contribution in [1.29, 1.82) is 0 Å². The lowest BCUT2D eigenvalue weighted by atomic mass is 10.1. The molecule has 5 heteroatoms. The van der Waals surface area contributed by atoms with Gasteiger partial charge in [0, 0.05) is 16.6 Å². The van der Waals surface area contributed by atoms with E-state index in [1.165, 1.54) is 11.7 Å². The monoisotopic (exact) mass is 297 g/mol. The number of nitrogens with one attached hydrogen (secondary N) is 1. The third-order valence-corrected chi connectivity index (χ3v) is 3.38. The Morgan fingerprint density at radius 2 is 2.12 bits per heavy atom. The van der Waals surface area contributed by atoms with Gasteiger partial charge in [0.05, 0.1) is 11.7 Å². The van der Waals surface area contributed by atoms with Crippen LogP contribution in [0.5, 0.6) is 0 Å². The summed E-state index contributed by atoms with van der Waals surface area (Å²) < 4.78 is 9.65. The largest absolute Gasteiger partial charge is 0.367 e. The van der Waals surface area contributed by atoms with Crippen molar-refractivity contribution in [3.8, 4) is 11.3 Å². The van der Waals surface area contributed by atoms with Gasteiger partial charge in [-0.3, -0.25) is 0 Å². The lowest BCUT2D eigenvalue weighted by Crippen LogP contribution is -2.01. The molecular formula is C11H12BrN3S. The lowest BCUT2D eigenvalue weighted by molar-refractivity contribution is 0.974. The van der Waals surface area contributed by atoms with Crippen LogP contribution in [0.15, 0.2) is 28.7 Å². The molecule has 16 heavy (non-hydrogen) atoms. The van der Waals surface area contributed by atoms with Crippen LogP contribution in [0.1, 0.15) is 13.3 Å². The highest BCUT2D eigenvalue weighted by Crippen LogP contribution is 2.31. The molecule has 0 atom stereocenters. The summed E-state index contributed by atoms with van der Waals surface area (Å²) in [6, 6.07) is 8.05. The molecule has 0 spiro atoms. The average Bonchev–Trinajstić information content (AvgIpc) is 2.75. The molecule has 0 saturated heterocycles. The Bertz CT molecular complexity index is 470. The van der Waals surface area contributed by atoms with E-state index in [1.54, 1.807) is 0 Å². The summed E-state index contributed by atoms with van der Waals surface area (Å²) in [5, 5.41) is 3.28. The molecule has 1 aromatic carbocycles. The van der Waals surface area contributed by atoms with Crippen LogP contribution in [0.25, 0.3) is 11.3 Å². The molecule has 1 heterocycles. The van der Waals surface area contributed by atoms with Crippen LogP contribution >= 0.6 is 27.7 Å². The van der Waals surface area contributed by atoms with Crippen LogP contribution < -0.4 is 5.32 Å². The predicted molar refractivity (Wildman–Crippen MR) is 71.8 cm³/mol. The van der Waals surface area contributed by atoms with Crippen molar-refractivity contribution >= 4 is 33.5 Å². The van der Waals surface area contributed by atoms with E-state index < -0.39 is 0 Å². The molecule has 0 unspecified atom stereocenters. The van der Waals surface area contributed by atoms with Gasteiger partial charge in [-0.15, -0.1) is 0 Å². The quantitative estimate of drug-likeness (QED) is 0.933. The van der Waals surface area contributed by atoms with Gasteiger partial charge in [-0.2, -0.15) is 8.75 Å². The summed E-state index contributed by atoms with van der Waals surface area (Å²) in [4.78, 5) is 0. The zero-order valence-corrected chi connectivity index (χ0v) is 11.3. The van der Waals surface area contributed by atoms with E-state index in [2.05, 4.69) is 36.9 Å². The second kappa shape index (κ2) is 5.41. The first kappa shape index (κ1) is 11.5. The Hall–Kier alpha value is -0.940. The molecule has 1 N–H and O–H groups in total. The molecule has 0 fully saturated rings. The highest BCUT2D eigenvalue weighted by molar-refractivity contribution is 9.10. The van der Waals surface area contributed by atoms with Gasteiger partial charge in [0.15, 0.2) is 5.82 Å². The summed E-state index contributed by atoms with van der Waals surface area (Å²) in [7, 11) is 0. The van der Waals surface area contributed by atoms with E-state index in [0.29, 0.717) is 0 Å². The fourth-order valence-corrected chi connectivity index (χ4v) is 2.39. The van der Waals surface area contributed by atoms with E-state index in [-0.39, 0.29) is 0 Å². The highest BCUT2D eigenvalue weighted by Gasteiger charge is 2.11. The molecule has 84 valence electrons. The van der Waals surface area contributed by atoms with E-state index in [1.807, 2.05) is 24.3 Å². The van der Waals surface area contributed by atoms with Gasteiger partial charge in [-0.25, -0.2) is 0 Å². The summed E-state index contributed by atoms with van der Waals surface area (Å²) in [5.74, 6) is 0.874. The Kier molecular flexibility index (Phi) is 3.90. The van der Waals surface area contributed by atoms with Crippen molar-refractivity contribution < 1.29 is 0 Å². The maximum Gasteiger partial charge on any atom is 0.168 e. The number of hydrogen-bond donors (Lipinski definition) is 1. The molecule has 0 amide bonds. The first-order valence-electron chi connectivity index (χ1n) is 5.14. The highest BCUT2D eigenvalue weighted by atomic mass is 79.9. The van der Waals surface area contributed by atoms with Crippen LogP contribution in [-0.4, -0.2) is 15.3 Å². The molecular weight excluding hydrogens is 286 g/mol. The van der Waals surface area contributed by atoms with Crippen LogP contribution in [-0.2, 0) is 0 Å². The number of nitrogens with zero attached hydrogens (tertiary/aromatic N) is 2. The van der Waals surface area contributed by atoms with Gasteiger partial charge in [-0.1, -0.05) is 41.1 Å². The van der Waals surface area contributed by atoms with Crippen molar-refractivity contribution in [3.05, 3.63) is 28.7 Å². The molecule has 0 saturated carbocycles. The minimum atomic E-state index is 0.874. The molecule has 0 aliphatic heterocycles. The minimum Gasteiger partial charge on any atom is -0.367 e. The Morgan fingerprint density at radius 1 is 1.31 bits per heavy atom. The SMILES string of the molecule is CCCNc1nsnc1-c1ccccc1Br. The Labute approximate surface area is 107 Å². The molecule has 0 aliphatic carbocycles. The molecule has 1 aromatic heterocycles. The number of hydrogen-bond acceptors (Lipinski definition) is 4. The second-order valence-electron chi connectivity index (χ2n) is 3.37. The predicted octanol–water partition coefficient (Wildman–Crippen LogP) is 3.79. The summed E-state index contributed by atoms with van der Waals surface area (Å²) >= 11 is 4.77. The molecule has 2 aromatic rings. The van der Waals surface area contributed by atoms with Crippen LogP contribution in [0.2, 0.25) is 0 Å². The Balaban J connectivity index is 2.33. The third kappa shape index (κ3) is 2.41. The zero-order valence-electron chi connectivity index (χ0n) is 8.90. The molecule has 0 radical (unpaired) electrons. The van der Waals surface area contributed by atoms with Crippen molar-refractivity contribution in [1.82, 2.24) is 8.75 Å². The number of rotatable bonds is 4. The normalized spacial score (nSPS) is 10.4. The fourth-order valence-electron chi connectivity index (χ4n) is 1.38. The van der Waals surface area contributed by atoms with Crippen molar-refractivity contribution in [2.24, 2.45) is 0 Å².